The number of nitrogens with two attached hydrogens (primary N) is 1. The average molecular weight is 307 g/mol. The van der Waals surface area contributed by atoms with E-state index >= 15 is 0 Å². The van der Waals surface area contributed by atoms with Gasteiger partial charge in [0.2, 0.25) is 0 Å². The smallest absolute Gasteiger partial charge is 0.276 e. The summed E-state index contributed by atoms with van der Waals surface area (Å²) in [6.07, 6.45) is 3.55. The number of rotatable bonds is 5. The van der Waals surface area contributed by atoms with Gasteiger partial charge in [0.1, 0.15) is 11.6 Å². The second-order valence-electron chi connectivity index (χ2n) is 5.73. The normalized spacial score (nSPS) is 18.0. The molecule has 1 aromatic rings. The molecule has 0 saturated heterocycles. The average Bonchev–Trinajstić information content (AvgIpc) is 2.94. The first-order chi connectivity index (χ1) is 10.0. The minimum absolute atomic E-state index is 0.0765. The van der Waals surface area contributed by atoms with Gasteiger partial charge in [-0.25, -0.2) is 0 Å². The molecule has 0 aromatic heterocycles. The quantitative estimate of drug-likeness (QED) is 0.872. The van der Waals surface area contributed by atoms with Crippen LogP contribution in [0.2, 0.25) is 5.02 Å². The Balaban J connectivity index is 1.85. The Morgan fingerprint density at radius 2 is 2.24 bits per heavy atom. The van der Waals surface area contributed by atoms with E-state index in [0.717, 1.165) is 31.2 Å². The minimum Gasteiger partial charge on any atom is -0.333 e. The molecule has 1 atom stereocenters. The summed E-state index contributed by atoms with van der Waals surface area (Å²) in [6.45, 7) is 2.35. The summed E-state index contributed by atoms with van der Waals surface area (Å²) in [4.78, 5) is 12.0. The predicted octanol–water partition coefficient (Wildman–Crippen LogP) is 1.92. The standard InChI is InChI=1S/C16H20ClN3O/c1-12(13-5-4-6-14(17)9-13)19-10-15(21)20-16(11-18)7-2-3-8-16/h4-6,9,12,19H,2-3,7-8,10H2,1H3,(H,20,21)/p+1/t12-/m0/s1. The molecule has 0 radical (unpaired) electrons. The second kappa shape index (κ2) is 6.93. The molecule has 112 valence electrons. The lowest BCUT2D eigenvalue weighted by Gasteiger charge is -2.21. The second-order valence-corrected chi connectivity index (χ2v) is 6.17. The number of benzene rings is 1. The van der Waals surface area contributed by atoms with Gasteiger partial charge in [-0.3, -0.25) is 4.79 Å². The summed E-state index contributed by atoms with van der Waals surface area (Å²) in [5, 5.41) is 14.8. The lowest BCUT2D eigenvalue weighted by molar-refractivity contribution is -0.682. The molecular formula is C16H21ClN3O+. The van der Waals surface area contributed by atoms with Gasteiger partial charge < -0.3 is 10.6 Å². The Labute approximate surface area is 130 Å². The lowest BCUT2D eigenvalue weighted by atomic mass is 10.00. The molecule has 0 bridgehead atoms. The van der Waals surface area contributed by atoms with Crippen molar-refractivity contribution >= 4 is 17.5 Å². The Morgan fingerprint density at radius 3 is 2.86 bits per heavy atom. The van der Waals surface area contributed by atoms with Gasteiger partial charge in [-0.05, 0) is 44.7 Å². The van der Waals surface area contributed by atoms with Crippen molar-refractivity contribution < 1.29 is 10.1 Å². The van der Waals surface area contributed by atoms with E-state index in [1.807, 2.05) is 36.5 Å². The number of nitrogens with one attached hydrogen (secondary N) is 1. The van der Waals surface area contributed by atoms with E-state index in [1.54, 1.807) is 0 Å². The van der Waals surface area contributed by atoms with Gasteiger partial charge >= 0.3 is 0 Å². The van der Waals surface area contributed by atoms with Crippen LogP contribution in [0.15, 0.2) is 24.3 Å². The van der Waals surface area contributed by atoms with E-state index in [4.69, 9.17) is 11.6 Å². The maximum absolute atomic E-state index is 12.0. The highest BCUT2D eigenvalue weighted by atomic mass is 35.5. The molecule has 4 nitrogen and oxygen atoms in total. The van der Waals surface area contributed by atoms with E-state index in [9.17, 15) is 10.1 Å². The predicted molar refractivity (Wildman–Crippen MR) is 81.6 cm³/mol. The summed E-state index contributed by atoms with van der Waals surface area (Å²) >= 11 is 5.97. The molecule has 21 heavy (non-hydrogen) atoms. The number of quaternary nitrogens is 1. The van der Waals surface area contributed by atoms with E-state index in [2.05, 4.69) is 11.4 Å². The number of nitrogens with zero attached hydrogens (tertiary/aromatic N) is 1. The fourth-order valence-corrected chi connectivity index (χ4v) is 2.97. The van der Waals surface area contributed by atoms with Crippen molar-refractivity contribution in [1.29, 1.82) is 5.26 Å². The van der Waals surface area contributed by atoms with Crippen molar-refractivity contribution in [2.24, 2.45) is 0 Å². The third kappa shape index (κ3) is 4.20. The first kappa shape index (κ1) is 15.8. The molecule has 1 aliphatic carbocycles. The molecule has 0 aliphatic heterocycles. The first-order valence-corrected chi connectivity index (χ1v) is 7.73. The van der Waals surface area contributed by atoms with Gasteiger partial charge in [-0.15, -0.1) is 0 Å². The highest BCUT2D eigenvalue weighted by Gasteiger charge is 2.35. The highest BCUT2D eigenvalue weighted by molar-refractivity contribution is 6.30. The third-order valence-electron chi connectivity index (χ3n) is 4.08. The topological polar surface area (TPSA) is 69.5 Å². The molecule has 0 unspecified atom stereocenters. The Kier molecular flexibility index (Phi) is 5.22. The molecule has 0 heterocycles. The summed E-state index contributed by atoms with van der Waals surface area (Å²) in [6, 6.07) is 10.1. The summed E-state index contributed by atoms with van der Waals surface area (Å²) in [5.74, 6) is -0.0765. The van der Waals surface area contributed by atoms with Gasteiger partial charge in [0, 0.05) is 10.6 Å². The molecule has 3 N–H and O–H groups in total. The van der Waals surface area contributed by atoms with Crippen LogP contribution in [0.1, 0.15) is 44.2 Å². The van der Waals surface area contributed by atoms with Crippen LogP contribution in [0.25, 0.3) is 0 Å². The zero-order valence-corrected chi connectivity index (χ0v) is 13.0. The highest BCUT2D eigenvalue weighted by Crippen LogP contribution is 2.28. The number of amides is 1. The number of hydrogen-bond acceptors (Lipinski definition) is 2. The number of carbonyl (C=O) groups is 1. The van der Waals surface area contributed by atoms with E-state index in [-0.39, 0.29) is 11.9 Å². The van der Waals surface area contributed by atoms with Crippen molar-refractivity contribution in [3.63, 3.8) is 0 Å². The SMILES string of the molecule is C[C@H]([NH2+]CC(=O)NC1(C#N)CCCC1)c1cccc(Cl)c1. The van der Waals surface area contributed by atoms with Crippen LogP contribution in [0.5, 0.6) is 0 Å². The Bertz CT molecular complexity index is 547. The summed E-state index contributed by atoms with van der Waals surface area (Å²) < 4.78 is 0. The van der Waals surface area contributed by atoms with Crippen LogP contribution < -0.4 is 10.6 Å². The van der Waals surface area contributed by atoms with Crippen molar-refractivity contribution in [2.45, 2.75) is 44.2 Å². The van der Waals surface area contributed by atoms with Crippen molar-refractivity contribution in [3.05, 3.63) is 34.9 Å². The largest absolute Gasteiger partial charge is 0.333 e. The molecule has 1 aliphatic rings. The number of carbonyl (C=O) groups excluding carboxylic acids is 1. The molecule has 1 amide bonds. The minimum atomic E-state index is -0.635. The Hall–Kier alpha value is -1.57. The zero-order valence-electron chi connectivity index (χ0n) is 12.2. The molecule has 1 saturated carbocycles. The summed E-state index contributed by atoms with van der Waals surface area (Å²) in [5.41, 5.74) is 0.454. The van der Waals surface area contributed by atoms with Crippen LogP contribution in [0.4, 0.5) is 0 Å². The molecule has 5 heteroatoms. The van der Waals surface area contributed by atoms with Gasteiger partial charge in [0.15, 0.2) is 6.54 Å². The first-order valence-electron chi connectivity index (χ1n) is 7.36. The number of nitriles is 1. The number of hydrogen-bond donors (Lipinski definition) is 2. The van der Waals surface area contributed by atoms with Gasteiger partial charge in [0.05, 0.1) is 6.07 Å². The maximum atomic E-state index is 12.0. The lowest BCUT2D eigenvalue weighted by Crippen LogP contribution is -2.87. The third-order valence-corrected chi connectivity index (χ3v) is 4.32. The monoisotopic (exact) mass is 306 g/mol. The molecule has 1 aromatic carbocycles. The zero-order chi connectivity index (χ0) is 15.3. The molecule has 0 spiro atoms. The van der Waals surface area contributed by atoms with Crippen molar-refractivity contribution in [1.82, 2.24) is 5.32 Å². The maximum Gasteiger partial charge on any atom is 0.276 e. The van der Waals surface area contributed by atoms with E-state index < -0.39 is 5.54 Å². The van der Waals surface area contributed by atoms with E-state index in [0.29, 0.717) is 11.6 Å². The van der Waals surface area contributed by atoms with Crippen molar-refractivity contribution in [2.75, 3.05) is 6.54 Å². The van der Waals surface area contributed by atoms with Crippen LogP contribution in [0, 0.1) is 11.3 Å². The number of halogens is 1. The molecular weight excluding hydrogens is 286 g/mol. The van der Waals surface area contributed by atoms with Gasteiger partial charge in [0.25, 0.3) is 5.91 Å². The van der Waals surface area contributed by atoms with E-state index in [1.165, 1.54) is 0 Å². The van der Waals surface area contributed by atoms with Crippen LogP contribution in [0.3, 0.4) is 0 Å². The fourth-order valence-electron chi connectivity index (χ4n) is 2.77. The molecule has 1 fully saturated rings. The van der Waals surface area contributed by atoms with Crippen molar-refractivity contribution in [3.8, 4) is 6.07 Å². The Morgan fingerprint density at radius 1 is 1.52 bits per heavy atom. The van der Waals surface area contributed by atoms with Crippen LogP contribution in [-0.2, 0) is 4.79 Å². The van der Waals surface area contributed by atoms with Crippen LogP contribution >= 0.6 is 11.6 Å². The summed E-state index contributed by atoms with van der Waals surface area (Å²) in [7, 11) is 0. The van der Waals surface area contributed by atoms with Crippen LogP contribution in [-0.4, -0.2) is 18.0 Å². The van der Waals surface area contributed by atoms with Gasteiger partial charge in [-0.2, -0.15) is 5.26 Å². The molecule has 2 rings (SSSR count). The van der Waals surface area contributed by atoms with Gasteiger partial charge in [-0.1, -0.05) is 23.7 Å². The fraction of sp³-hybridized carbons (Fsp3) is 0.500.